The van der Waals surface area contributed by atoms with E-state index in [4.69, 9.17) is 0 Å². The van der Waals surface area contributed by atoms with Crippen molar-refractivity contribution in [1.29, 1.82) is 0 Å². The molecule has 88 valence electrons. The number of nitrogens with one attached hydrogen (secondary N) is 1. The summed E-state index contributed by atoms with van der Waals surface area (Å²) >= 11 is 1.44. The summed E-state index contributed by atoms with van der Waals surface area (Å²) < 4.78 is 0. The number of aryl methyl sites for hydroxylation is 2. The predicted molar refractivity (Wildman–Crippen MR) is 67.9 cm³/mol. The van der Waals surface area contributed by atoms with Gasteiger partial charge >= 0.3 is 0 Å². The molecule has 1 aromatic rings. The third-order valence-electron chi connectivity index (χ3n) is 2.05. The summed E-state index contributed by atoms with van der Waals surface area (Å²) in [4.78, 5) is 16.9. The molecule has 0 fully saturated rings. The molecule has 0 aliphatic rings. The van der Waals surface area contributed by atoms with Crippen LogP contribution in [0.5, 0.6) is 0 Å². The standard InChI is InChI=1S/C12H18N2OS/c1-7(2)6-8(3)13-12(15)11-9(4)14-10(5)16-11/h6,8H,1-5H3,(H,13,15). The molecule has 0 saturated heterocycles. The number of nitrogens with zero attached hydrogens (tertiary/aromatic N) is 1. The molecule has 0 saturated carbocycles. The number of rotatable bonds is 3. The van der Waals surface area contributed by atoms with Crippen molar-refractivity contribution in [2.24, 2.45) is 0 Å². The highest BCUT2D eigenvalue weighted by Gasteiger charge is 2.14. The molecular formula is C12H18N2OS. The van der Waals surface area contributed by atoms with Crippen LogP contribution < -0.4 is 5.32 Å². The van der Waals surface area contributed by atoms with E-state index in [9.17, 15) is 4.79 Å². The number of aromatic nitrogens is 1. The second-order valence-corrected chi connectivity index (χ2v) is 5.36. The first-order chi connectivity index (χ1) is 7.40. The molecule has 1 unspecified atom stereocenters. The third kappa shape index (κ3) is 3.45. The van der Waals surface area contributed by atoms with Gasteiger partial charge in [0.1, 0.15) is 4.88 Å². The molecule has 0 spiro atoms. The normalized spacial score (nSPS) is 12.1. The fourth-order valence-electron chi connectivity index (χ4n) is 1.56. The fraction of sp³-hybridized carbons (Fsp3) is 0.500. The van der Waals surface area contributed by atoms with Gasteiger partial charge in [-0.05, 0) is 34.6 Å². The second kappa shape index (κ2) is 5.25. The number of hydrogen-bond donors (Lipinski definition) is 1. The maximum absolute atomic E-state index is 11.9. The fourth-order valence-corrected chi connectivity index (χ4v) is 2.38. The van der Waals surface area contributed by atoms with Crippen molar-refractivity contribution in [3.05, 3.63) is 27.2 Å². The highest BCUT2D eigenvalue weighted by Crippen LogP contribution is 2.16. The maximum Gasteiger partial charge on any atom is 0.263 e. The van der Waals surface area contributed by atoms with Crippen LogP contribution in [0.25, 0.3) is 0 Å². The molecule has 1 heterocycles. The van der Waals surface area contributed by atoms with Crippen molar-refractivity contribution >= 4 is 17.2 Å². The van der Waals surface area contributed by atoms with Gasteiger partial charge in [0.2, 0.25) is 0 Å². The Morgan fingerprint density at radius 3 is 2.50 bits per heavy atom. The van der Waals surface area contributed by atoms with Crippen molar-refractivity contribution in [2.45, 2.75) is 40.7 Å². The van der Waals surface area contributed by atoms with E-state index in [0.29, 0.717) is 4.88 Å². The van der Waals surface area contributed by atoms with Gasteiger partial charge in [0.15, 0.2) is 0 Å². The minimum Gasteiger partial charge on any atom is -0.345 e. The predicted octanol–water partition coefficient (Wildman–Crippen LogP) is 2.84. The summed E-state index contributed by atoms with van der Waals surface area (Å²) in [6.45, 7) is 9.78. The number of allylic oxidation sites excluding steroid dienone is 1. The molecule has 1 N–H and O–H groups in total. The number of carbonyl (C=O) groups excluding carboxylic acids is 1. The molecule has 1 rings (SSSR count). The third-order valence-corrected chi connectivity index (χ3v) is 3.12. The molecule has 1 aromatic heterocycles. The summed E-state index contributed by atoms with van der Waals surface area (Å²) in [6, 6.07) is 0.0549. The molecule has 0 radical (unpaired) electrons. The Labute approximate surface area is 101 Å². The van der Waals surface area contributed by atoms with E-state index in [1.165, 1.54) is 16.9 Å². The Kier molecular flexibility index (Phi) is 4.24. The van der Waals surface area contributed by atoms with Crippen LogP contribution in [0.3, 0.4) is 0 Å². The van der Waals surface area contributed by atoms with E-state index in [2.05, 4.69) is 10.3 Å². The lowest BCUT2D eigenvalue weighted by molar-refractivity contribution is 0.0950. The number of amides is 1. The lowest BCUT2D eigenvalue weighted by atomic mass is 10.2. The van der Waals surface area contributed by atoms with E-state index in [0.717, 1.165) is 10.7 Å². The second-order valence-electron chi connectivity index (χ2n) is 4.15. The minimum atomic E-state index is -0.0342. The van der Waals surface area contributed by atoms with Gasteiger partial charge in [0, 0.05) is 6.04 Å². The van der Waals surface area contributed by atoms with Crippen LogP contribution in [0.15, 0.2) is 11.6 Å². The average Bonchev–Trinajstić information content (AvgIpc) is 2.43. The molecule has 0 aliphatic carbocycles. The smallest absolute Gasteiger partial charge is 0.263 e. The Balaban J connectivity index is 2.73. The molecule has 0 bridgehead atoms. The summed E-state index contributed by atoms with van der Waals surface area (Å²) in [6.07, 6.45) is 2.03. The first kappa shape index (κ1) is 12.9. The Morgan fingerprint density at radius 1 is 1.44 bits per heavy atom. The topological polar surface area (TPSA) is 42.0 Å². The van der Waals surface area contributed by atoms with Gasteiger partial charge in [0.25, 0.3) is 5.91 Å². The van der Waals surface area contributed by atoms with Crippen molar-refractivity contribution in [1.82, 2.24) is 10.3 Å². The van der Waals surface area contributed by atoms with E-state index < -0.39 is 0 Å². The largest absolute Gasteiger partial charge is 0.345 e. The molecule has 16 heavy (non-hydrogen) atoms. The van der Waals surface area contributed by atoms with E-state index >= 15 is 0 Å². The van der Waals surface area contributed by atoms with Gasteiger partial charge in [-0.3, -0.25) is 4.79 Å². The average molecular weight is 238 g/mol. The number of thiazole rings is 1. The van der Waals surface area contributed by atoms with Crippen LogP contribution in [-0.4, -0.2) is 16.9 Å². The van der Waals surface area contributed by atoms with E-state index in [-0.39, 0.29) is 11.9 Å². The van der Waals surface area contributed by atoms with Gasteiger partial charge in [-0.2, -0.15) is 0 Å². The van der Waals surface area contributed by atoms with Crippen molar-refractivity contribution < 1.29 is 4.79 Å². The van der Waals surface area contributed by atoms with Crippen LogP contribution in [0.2, 0.25) is 0 Å². The van der Waals surface area contributed by atoms with Crippen molar-refractivity contribution in [3.8, 4) is 0 Å². The zero-order valence-corrected chi connectivity index (χ0v) is 11.2. The first-order valence-electron chi connectivity index (χ1n) is 5.30. The van der Waals surface area contributed by atoms with Gasteiger partial charge in [-0.1, -0.05) is 11.6 Å². The van der Waals surface area contributed by atoms with Crippen LogP contribution in [0.4, 0.5) is 0 Å². The molecule has 0 aromatic carbocycles. The molecule has 1 atom stereocenters. The maximum atomic E-state index is 11.9. The summed E-state index contributed by atoms with van der Waals surface area (Å²) in [5.74, 6) is -0.0342. The minimum absolute atomic E-state index is 0.0342. The monoisotopic (exact) mass is 238 g/mol. The number of carbonyl (C=O) groups is 1. The Morgan fingerprint density at radius 2 is 2.06 bits per heavy atom. The lowest BCUT2D eigenvalue weighted by Gasteiger charge is -2.09. The first-order valence-corrected chi connectivity index (χ1v) is 6.11. The van der Waals surface area contributed by atoms with Gasteiger partial charge in [-0.15, -0.1) is 11.3 Å². The zero-order valence-electron chi connectivity index (χ0n) is 10.4. The highest BCUT2D eigenvalue weighted by molar-refractivity contribution is 7.13. The summed E-state index contributed by atoms with van der Waals surface area (Å²) in [5.41, 5.74) is 2.01. The molecule has 4 heteroatoms. The SMILES string of the molecule is CC(C)=CC(C)NC(=O)c1sc(C)nc1C. The van der Waals surface area contributed by atoms with Crippen LogP contribution in [-0.2, 0) is 0 Å². The van der Waals surface area contributed by atoms with Gasteiger partial charge in [0.05, 0.1) is 10.7 Å². The quantitative estimate of drug-likeness (QED) is 0.823. The molecule has 0 aliphatic heterocycles. The van der Waals surface area contributed by atoms with E-state index in [1.807, 2.05) is 40.7 Å². The Bertz CT molecular complexity index is 417. The lowest BCUT2D eigenvalue weighted by Crippen LogP contribution is -2.31. The van der Waals surface area contributed by atoms with E-state index in [1.54, 1.807) is 0 Å². The molecule has 3 nitrogen and oxygen atoms in total. The van der Waals surface area contributed by atoms with Gasteiger partial charge < -0.3 is 5.32 Å². The molecule has 1 amide bonds. The van der Waals surface area contributed by atoms with Gasteiger partial charge in [-0.25, -0.2) is 4.98 Å². The van der Waals surface area contributed by atoms with Crippen molar-refractivity contribution in [3.63, 3.8) is 0 Å². The summed E-state index contributed by atoms with van der Waals surface area (Å²) in [7, 11) is 0. The zero-order chi connectivity index (χ0) is 12.3. The van der Waals surface area contributed by atoms with Crippen LogP contribution in [0, 0.1) is 13.8 Å². The highest BCUT2D eigenvalue weighted by atomic mass is 32.1. The number of hydrogen-bond acceptors (Lipinski definition) is 3. The summed E-state index contributed by atoms with van der Waals surface area (Å²) in [5, 5.41) is 3.87. The van der Waals surface area contributed by atoms with Crippen LogP contribution >= 0.6 is 11.3 Å². The molecular weight excluding hydrogens is 220 g/mol. The van der Waals surface area contributed by atoms with Crippen molar-refractivity contribution in [2.75, 3.05) is 0 Å². The Hall–Kier alpha value is -1.16. The van der Waals surface area contributed by atoms with Crippen LogP contribution in [0.1, 0.15) is 41.1 Å².